The van der Waals surface area contributed by atoms with Crippen LogP contribution in [0.4, 0.5) is 5.95 Å². The molecular formula is C18H22N4O3. The fourth-order valence-electron chi connectivity index (χ4n) is 2.82. The summed E-state index contributed by atoms with van der Waals surface area (Å²) in [5, 5.41) is 2.86. The lowest BCUT2D eigenvalue weighted by atomic mass is 10.2. The zero-order chi connectivity index (χ0) is 17.6. The standard InChI is InChI=1S/C18H22N4O3/c1-24-15-5-6-16(25-2)13(9-15)10-19-17(23)14-11-20-18(21-12-14)22-7-3-4-8-22/h5-6,9,11-12H,3-4,7-8,10H2,1-2H3,(H,19,23). The van der Waals surface area contributed by atoms with Gasteiger partial charge in [0, 0.05) is 37.6 Å². The Hall–Kier alpha value is -2.83. The van der Waals surface area contributed by atoms with Crippen molar-refractivity contribution in [3.8, 4) is 11.5 Å². The Bertz CT molecular complexity index is 728. The van der Waals surface area contributed by atoms with Gasteiger partial charge >= 0.3 is 0 Å². The van der Waals surface area contributed by atoms with Crippen molar-refractivity contribution >= 4 is 11.9 Å². The summed E-state index contributed by atoms with van der Waals surface area (Å²) < 4.78 is 10.5. The quantitative estimate of drug-likeness (QED) is 0.865. The SMILES string of the molecule is COc1ccc(OC)c(CNC(=O)c2cnc(N3CCCC3)nc2)c1. The minimum Gasteiger partial charge on any atom is -0.497 e. The number of nitrogens with one attached hydrogen (secondary N) is 1. The van der Waals surface area contributed by atoms with Gasteiger partial charge < -0.3 is 19.7 Å². The highest BCUT2D eigenvalue weighted by Crippen LogP contribution is 2.23. The van der Waals surface area contributed by atoms with Gasteiger partial charge in [-0.1, -0.05) is 0 Å². The summed E-state index contributed by atoms with van der Waals surface area (Å²) in [5.74, 6) is 1.87. The van der Waals surface area contributed by atoms with Crippen LogP contribution in [0, 0.1) is 0 Å². The number of ether oxygens (including phenoxy) is 2. The lowest BCUT2D eigenvalue weighted by Crippen LogP contribution is -2.25. The molecule has 1 amide bonds. The Labute approximate surface area is 147 Å². The maximum Gasteiger partial charge on any atom is 0.254 e. The molecular weight excluding hydrogens is 320 g/mol. The second-order valence-electron chi connectivity index (χ2n) is 5.83. The van der Waals surface area contributed by atoms with Gasteiger partial charge in [0.05, 0.1) is 19.8 Å². The van der Waals surface area contributed by atoms with E-state index in [1.807, 2.05) is 18.2 Å². The summed E-state index contributed by atoms with van der Waals surface area (Å²) >= 11 is 0. The monoisotopic (exact) mass is 342 g/mol. The van der Waals surface area contributed by atoms with Crippen molar-refractivity contribution in [2.75, 3.05) is 32.2 Å². The van der Waals surface area contributed by atoms with Crippen molar-refractivity contribution in [1.82, 2.24) is 15.3 Å². The molecule has 1 aliphatic rings. The first-order valence-corrected chi connectivity index (χ1v) is 8.27. The van der Waals surface area contributed by atoms with Crippen LogP contribution in [0.2, 0.25) is 0 Å². The van der Waals surface area contributed by atoms with E-state index in [0.29, 0.717) is 29.6 Å². The number of carbonyl (C=O) groups is 1. The van der Waals surface area contributed by atoms with Crippen LogP contribution in [-0.4, -0.2) is 43.2 Å². The van der Waals surface area contributed by atoms with Gasteiger partial charge in [0.25, 0.3) is 5.91 Å². The molecule has 1 saturated heterocycles. The van der Waals surface area contributed by atoms with Crippen LogP contribution < -0.4 is 19.7 Å². The van der Waals surface area contributed by atoms with Crippen LogP contribution in [0.5, 0.6) is 11.5 Å². The number of amides is 1. The van der Waals surface area contributed by atoms with Gasteiger partial charge in [0.2, 0.25) is 5.95 Å². The number of aromatic nitrogens is 2. The molecule has 1 N–H and O–H groups in total. The molecule has 132 valence electrons. The van der Waals surface area contributed by atoms with E-state index in [1.54, 1.807) is 26.6 Å². The molecule has 0 aliphatic carbocycles. The van der Waals surface area contributed by atoms with Crippen molar-refractivity contribution in [3.63, 3.8) is 0 Å². The number of hydrogen-bond acceptors (Lipinski definition) is 6. The Morgan fingerprint density at radius 1 is 1.16 bits per heavy atom. The lowest BCUT2D eigenvalue weighted by molar-refractivity contribution is 0.0950. The molecule has 1 fully saturated rings. The molecule has 1 aromatic carbocycles. The van der Waals surface area contributed by atoms with Gasteiger partial charge in [-0.25, -0.2) is 9.97 Å². The Morgan fingerprint density at radius 3 is 2.52 bits per heavy atom. The van der Waals surface area contributed by atoms with Gasteiger partial charge in [-0.3, -0.25) is 4.79 Å². The molecule has 2 aromatic rings. The number of carbonyl (C=O) groups excluding carboxylic acids is 1. The minimum atomic E-state index is -0.224. The van der Waals surface area contributed by atoms with Crippen molar-refractivity contribution < 1.29 is 14.3 Å². The first-order valence-electron chi connectivity index (χ1n) is 8.27. The zero-order valence-corrected chi connectivity index (χ0v) is 14.5. The number of rotatable bonds is 6. The van der Waals surface area contributed by atoms with Gasteiger partial charge in [0.15, 0.2) is 0 Å². The van der Waals surface area contributed by atoms with E-state index < -0.39 is 0 Å². The maximum absolute atomic E-state index is 12.3. The number of methoxy groups -OCH3 is 2. The third-order valence-corrected chi connectivity index (χ3v) is 4.22. The van der Waals surface area contributed by atoms with Crippen LogP contribution in [0.3, 0.4) is 0 Å². The van der Waals surface area contributed by atoms with E-state index in [-0.39, 0.29) is 5.91 Å². The molecule has 1 aromatic heterocycles. The summed E-state index contributed by atoms with van der Waals surface area (Å²) in [7, 11) is 3.20. The highest BCUT2D eigenvalue weighted by molar-refractivity contribution is 5.93. The predicted octanol–water partition coefficient (Wildman–Crippen LogP) is 2.02. The van der Waals surface area contributed by atoms with Crippen molar-refractivity contribution in [1.29, 1.82) is 0 Å². The second-order valence-corrected chi connectivity index (χ2v) is 5.83. The molecule has 7 nitrogen and oxygen atoms in total. The van der Waals surface area contributed by atoms with Crippen LogP contribution in [0.25, 0.3) is 0 Å². The summed E-state index contributed by atoms with van der Waals surface area (Å²) in [6.07, 6.45) is 5.46. The van der Waals surface area contributed by atoms with Gasteiger partial charge in [0.1, 0.15) is 11.5 Å². The molecule has 1 aliphatic heterocycles. The molecule has 2 heterocycles. The molecule has 0 spiro atoms. The summed E-state index contributed by atoms with van der Waals surface area (Å²) in [6.45, 7) is 2.27. The van der Waals surface area contributed by atoms with E-state index in [1.165, 1.54) is 0 Å². The first kappa shape index (κ1) is 17.0. The van der Waals surface area contributed by atoms with Crippen LogP contribution in [0.1, 0.15) is 28.8 Å². The van der Waals surface area contributed by atoms with E-state index in [0.717, 1.165) is 31.5 Å². The van der Waals surface area contributed by atoms with E-state index in [9.17, 15) is 4.79 Å². The molecule has 3 rings (SSSR count). The third-order valence-electron chi connectivity index (χ3n) is 4.22. The Morgan fingerprint density at radius 2 is 1.88 bits per heavy atom. The van der Waals surface area contributed by atoms with Crippen molar-refractivity contribution in [2.45, 2.75) is 19.4 Å². The number of anilines is 1. The largest absolute Gasteiger partial charge is 0.497 e. The van der Waals surface area contributed by atoms with Crippen molar-refractivity contribution in [3.05, 3.63) is 41.7 Å². The second kappa shape index (κ2) is 7.83. The average Bonchev–Trinajstić information content (AvgIpc) is 3.20. The zero-order valence-electron chi connectivity index (χ0n) is 14.5. The van der Waals surface area contributed by atoms with Gasteiger partial charge in [-0.05, 0) is 31.0 Å². The average molecular weight is 342 g/mol. The summed E-state index contributed by atoms with van der Waals surface area (Å²) in [6, 6.07) is 5.47. The highest BCUT2D eigenvalue weighted by Gasteiger charge is 2.16. The van der Waals surface area contributed by atoms with Crippen LogP contribution in [-0.2, 0) is 6.54 Å². The predicted molar refractivity (Wildman–Crippen MR) is 94.2 cm³/mol. The van der Waals surface area contributed by atoms with E-state index in [4.69, 9.17) is 9.47 Å². The first-order chi connectivity index (χ1) is 12.2. The molecule has 0 bridgehead atoms. The molecule has 7 heteroatoms. The van der Waals surface area contributed by atoms with Crippen LogP contribution in [0.15, 0.2) is 30.6 Å². The lowest BCUT2D eigenvalue weighted by Gasteiger charge is -2.14. The molecule has 0 atom stereocenters. The highest BCUT2D eigenvalue weighted by atomic mass is 16.5. The normalized spacial score (nSPS) is 13.6. The molecule has 0 saturated carbocycles. The smallest absolute Gasteiger partial charge is 0.254 e. The molecule has 0 radical (unpaired) electrons. The molecule has 25 heavy (non-hydrogen) atoms. The third kappa shape index (κ3) is 3.99. The number of hydrogen-bond donors (Lipinski definition) is 1. The molecule has 0 unspecified atom stereocenters. The van der Waals surface area contributed by atoms with Gasteiger partial charge in [-0.2, -0.15) is 0 Å². The number of benzene rings is 1. The summed E-state index contributed by atoms with van der Waals surface area (Å²) in [4.78, 5) is 23.1. The van der Waals surface area contributed by atoms with E-state index in [2.05, 4.69) is 20.2 Å². The van der Waals surface area contributed by atoms with Gasteiger partial charge in [-0.15, -0.1) is 0 Å². The Balaban J connectivity index is 1.64. The Kier molecular flexibility index (Phi) is 5.33. The topological polar surface area (TPSA) is 76.6 Å². The fourth-order valence-corrected chi connectivity index (χ4v) is 2.82. The van der Waals surface area contributed by atoms with E-state index >= 15 is 0 Å². The van der Waals surface area contributed by atoms with Crippen LogP contribution >= 0.6 is 0 Å². The summed E-state index contributed by atoms with van der Waals surface area (Å²) in [5.41, 5.74) is 1.27. The van der Waals surface area contributed by atoms with Crippen molar-refractivity contribution in [2.24, 2.45) is 0 Å². The number of nitrogens with zero attached hydrogens (tertiary/aromatic N) is 3. The minimum absolute atomic E-state index is 0.224. The maximum atomic E-state index is 12.3. The fraction of sp³-hybridized carbons (Fsp3) is 0.389.